The van der Waals surface area contributed by atoms with Crippen LogP contribution in [-0.2, 0) is 20.4 Å². The Morgan fingerprint density at radius 2 is 1.78 bits per heavy atom. The molecule has 1 N–H and O–H groups in total. The standard InChI is InChI=1S/C17H15F4NO4S/c1-9(17(23)22-13-5-4-12(19)15(20)16(13)21)27(24,25)8-10-7-11(18)3-6-14(10)26-2/h3-7,9H,8H2,1-2H3,(H,22,23)/t9-/m1/s1. The maximum atomic E-state index is 13.6. The highest BCUT2D eigenvalue weighted by Crippen LogP contribution is 2.24. The normalized spacial score (nSPS) is 12.5. The number of ether oxygens (including phenoxy) is 1. The molecule has 0 spiro atoms. The van der Waals surface area contributed by atoms with E-state index >= 15 is 0 Å². The van der Waals surface area contributed by atoms with Gasteiger partial charge in [0, 0.05) is 5.56 Å². The number of methoxy groups -OCH3 is 1. The molecule has 10 heteroatoms. The second kappa shape index (κ2) is 7.95. The van der Waals surface area contributed by atoms with Crippen molar-refractivity contribution in [2.24, 2.45) is 0 Å². The van der Waals surface area contributed by atoms with Crippen molar-refractivity contribution >= 4 is 21.4 Å². The summed E-state index contributed by atoms with van der Waals surface area (Å²) in [4.78, 5) is 12.1. The summed E-state index contributed by atoms with van der Waals surface area (Å²) >= 11 is 0. The minimum absolute atomic E-state index is 0.00356. The fraction of sp³-hybridized carbons (Fsp3) is 0.235. The van der Waals surface area contributed by atoms with E-state index in [2.05, 4.69) is 0 Å². The van der Waals surface area contributed by atoms with Gasteiger partial charge in [0.15, 0.2) is 27.3 Å². The molecule has 1 amide bonds. The first-order valence-electron chi connectivity index (χ1n) is 7.55. The second-order valence-corrected chi connectivity index (χ2v) is 7.94. The molecule has 2 rings (SSSR count). The number of carbonyl (C=O) groups excluding carboxylic acids is 1. The average molecular weight is 405 g/mol. The zero-order valence-corrected chi connectivity index (χ0v) is 15.0. The van der Waals surface area contributed by atoms with Gasteiger partial charge in [0.1, 0.15) is 16.8 Å². The lowest BCUT2D eigenvalue weighted by molar-refractivity contribution is -0.115. The van der Waals surface area contributed by atoms with Crippen LogP contribution >= 0.6 is 0 Å². The zero-order valence-electron chi connectivity index (χ0n) is 14.2. The molecular weight excluding hydrogens is 390 g/mol. The summed E-state index contributed by atoms with van der Waals surface area (Å²) < 4.78 is 83.0. The van der Waals surface area contributed by atoms with Crippen LogP contribution in [0.5, 0.6) is 5.75 Å². The molecule has 0 aliphatic rings. The fourth-order valence-corrected chi connectivity index (χ4v) is 3.52. The van der Waals surface area contributed by atoms with Crippen LogP contribution in [0.3, 0.4) is 0 Å². The first-order valence-corrected chi connectivity index (χ1v) is 9.26. The third-order valence-electron chi connectivity index (χ3n) is 3.80. The summed E-state index contributed by atoms with van der Waals surface area (Å²) in [6.07, 6.45) is 0. The quantitative estimate of drug-likeness (QED) is 0.592. The maximum Gasteiger partial charge on any atom is 0.242 e. The monoisotopic (exact) mass is 405 g/mol. The van der Waals surface area contributed by atoms with Crippen molar-refractivity contribution in [3.8, 4) is 5.75 Å². The lowest BCUT2D eigenvalue weighted by atomic mass is 10.2. The highest BCUT2D eigenvalue weighted by molar-refractivity contribution is 7.92. The highest BCUT2D eigenvalue weighted by atomic mass is 32.2. The van der Waals surface area contributed by atoms with Crippen LogP contribution in [0.25, 0.3) is 0 Å². The predicted octanol–water partition coefficient (Wildman–Crippen LogP) is 3.19. The van der Waals surface area contributed by atoms with Crippen molar-refractivity contribution in [3.05, 3.63) is 59.2 Å². The molecule has 2 aromatic rings. The van der Waals surface area contributed by atoms with Gasteiger partial charge in [0.25, 0.3) is 0 Å². The molecule has 0 saturated carbocycles. The van der Waals surface area contributed by atoms with Crippen molar-refractivity contribution in [1.29, 1.82) is 0 Å². The summed E-state index contributed by atoms with van der Waals surface area (Å²) in [7, 11) is -2.89. The van der Waals surface area contributed by atoms with E-state index in [-0.39, 0.29) is 11.3 Å². The third-order valence-corrected chi connectivity index (χ3v) is 5.80. The number of amides is 1. The Kier molecular flexibility index (Phi) is 6.09. The number of halogens is 4. The van der Waals surface area contributed by atoms with Crippen LogP contribution in [0.1, 0.15) is 12.5 Å². The fourth-order valence-electron chi connectivity index (χ4n) is 2.22. The number of hydrogen-bond acceptors (Lipinski definition) is 4. The first kappa shape index (κ1) is 20.7. The number of rotatable bonds is 6. The third kappa shape index (κ3) is 4.57. The Morgan fingerprint density at radius 3 is 2.41 bits per heavy atom. The average Bonchev–Trinajstić information content (AvgIpc) is 2.61. The molecule has 0 saturated heterocycles. The van der Waals surface area contributed by atoms with E-state index in [1.807, 2.05) is 5.32 Å². The maximum absolute atomic E-state index is 13.6. The van der Waals surface area contributed by atoms with E-state index in [0.717, 1.165) is 25.1 Å². The minimum atomic E-state index is -4.16. The van der Waals surface area contributed by atoms with Gasteiger partial charge in [0.2, 0.25) is 5.91 Å². The van der Waals surface area contributed by atoms with Crippen molar-refractivity contribution in [3.63, 3.8) is 0 Å². The van der Waals surface area contributed by atoms with Crippen LogP contribution in [0.4, 0.5) is 23.2 Å². The van der Waals surface area contributed by atoms with Crippen LogP contribution in [0.2, 0.25) is 0 Å². The van der Waals surface area contributed by atoms with Crippen LogP contribution in [0.15, 0.2) is 30.3 Å². The first-order chi connectivity index (χ1) is 12.6. The number of sulfone groups is 1. The Hall–Kier alpha value is -2.62. The molecule has 0 aliphatic carbocycles. The van der Waals surface area contributed by atoms with Crippen LogP contribution in [0, 0.1) is 23.3 Å². The molecule has 27 heavy (non-hydrogen) atoms. The Bertz CT molecular complexity index is 979. The van der Waals surface area contributed by atoms with Crippen LogP contribution in [-0.4, -0.2) is 26.7 Å². The lowest BCUT2D eigenvalue weighted by Gasteiger charge is -2.15. The molecule has 0 fully saturated rings. The number of benzene rings is 2. The molecule has 0 radical (unpaired) electrons. The molecule has 146 valence electrons. The van der Waals surface area contributed by atoms with E-state index in [4.69, 9.17) is 4.74 Å². The molecule has 2 aromatic carbocycles. The van der Waals surface area contributed by atoms with Gasteiger partial charge in [-0.05, 0) is 37.3 Å². The molecule has 0 aromatic heterocycles. The summed E-state index contributed by atoms with van der Waals surface area (Å²) in [5.41, 5.74) is -0.708. The molecule has 0 heterocycles. The minimum Gasteiger partial charge on any atom is -0.496 e. The lowest BCUT2D eigenvalue weighted by Crippen LogP contribution is -2.33. The zero-order chi connectivity index (χ0) is 20.4. The Morgan fingerprint density at radius 1 is 1.11 bits per heavy atom. The van der Waals surface area contributed by atoms with Gasteiger partial charge in [-0.3, -0.25) is 4.79 Å². The molecule has 5 nitrogen and oxygen atoms in total. The van der Waals surface area contributed by atoms with Gasteiger partial charge in [-0.1, -0.05) is 0 Å². The van der Waals surface area contributed by atoms with Gasteiger partial charge >= 0.3 is 0 Å². The number of carbonyl (C=O) groups is 1. The van der Waals surface area contributed by atoms with Gasteiger partial charge in [-0.15, -0.1) is 0 Å². The van der Waals surface area contributed by atoms with Crippen LogP contribution < -0.4 is 10.1 Å². The van der Waals surface area contributed by atoms with E-state index in [9.17, 15) is 30.8 Å². The molecule has 0 unspecified atom stereocenters. The van der Waals surface area contributed by atoms with Crippen molar-refractivity contribution in [1.82, 2.24) is 0 Å². The number of hydrogen-bond donors (Lipinski definition) is 1. The summed E-state index contributed by atoms with van der Waals surface area (Å²) in [5, 5.41) is 0.222. The van der Waals surface area contributed by atoms with Gasteiger partial charge in [-0.25, -0.2) is 26.0 Å². The second-order valence-electron chi connectivity index (χ2n) is 5.62. The van der Waals surface area contributed by atoms with E-state index in [0.29, 0.717) is 6.07 Å². The summed E-state index contributed by atoms with van der Waals surface area (Å²) in [6.45, 7) is 1.04. The van der Waals surface area contributed by atoms with E-state index in [1.54, 1.807) is 0 Å². The number of anilines is 1. The summed E-state index contributed by atoms with van der Waals surface area (Å²) in [5.74, 6) is -7.36. The van der Waals surface area contributed by atoms with Crippen molar-refractivity contribution in [2.45, 2.75) is 17.9 Å². The molecule has 0 aliphatic heterocycles. The Labute approximate surface area is 152 Å². The largest absolute Gasteiger partial charge is 0.496 e. The highest BCUT2D eigenvalue weighted by Gasteiger charge is 2.30. The van der Waals surface area contributed by atoms with Crippen molar-refractivity contribution < 1.29 is 35.5 Å². The SMILES string of the molecule is COc1ccc(F)cc1CS(=O)(=O)[C@H](C)C(=O)Nc1ccc(F)c(F)c1F. The van der Waals surface area contributed by atoms with Gasteiger partial charge in [0.05, 0.1) is 18.6 Å². The smallest absolute Gasteiger partial charge is 0.242 e. The molecule has 0 bridgehead atoms. The van der Waals surface area contributed by atoms with E-state index in [1.165, 1.54) is 13.2 Å². The van der Waals surface area contributed by atoms with Crippen molar-refractivity contribution in [2.75, 3.05) is 12.4 Å². The predicted molar refractivity (Wildman–Crippen MR) is 90.0 cm³/mol. The van der Waals surface area contributed by atoms with E-state index < -0.39 is 55.7 Å². The molecular formula is C17H15F4NO4S. The molecule has 1 atom stereocenters. The Balaban J connectivity index is 2.23. The topological polar surface area (TPSA) is 72.5 Å². The van der Waals surface area contributed by atoms with Gasteiger partial charge < -0.3 is 10.1 Å². The van der Waals surface area contributed by atoms with Gasteiger partial charge in [-0.2, -0.15) is 0 Å². The summed E-state index contributed by atoms with van der Waals surface area (Å²) in [6, 6.07) is 4.62. The number of nitrogens with one attached hydrogen (secondary N) is 1.